The van der Waals surface area contributed by atoms with Crippen LogP contribution >= 0.6 is 0 Å². The van der Waals surface area contributed by atoms with E-state index in [2.05, 4.69) is 30.0 Å². The van der Waals surface area contributed by atoms with Crippen LogP contribution in [0.25, 0.3) is 0 Å². The maximum Gasteiger partial charge on any atom is 0.221 e. The first-order chi connectivity index (χ1) is 12.6. The van der Waals surface area contributed by atoms with Crippen LogP contribution in [-0.2, 0) is 43.6 Å². The van der Waals surface area contributed by atoms with Crippen molar-refractivity contribution in [1.82, 2.24) is 9.88 Å². The average molecular weight is 349 g/mol. The minimum absolute atomic E-state index is 0.250. The number of hydrogen-bond donors (Lipinski definition) is 1. The van der Waals surface area contributed by atoms with Gasteiger partial charge in [0.1, 0.15) is 0 Å². The highest BCUT2D eigenvalue weighted by Crippen LogP contribution is 2.28. The van der Waals surface area contributed by atoms with Gasteiger partial charge in [0, 0.05) is 31.0 Å². The van der Waals surface area contributed by atoms with Crippen LogP contribution in [-0.4, -0.2) is 22.3 Å². The molecule has 4 rings (SSSR count). The summed E-state index contributed by atoms with van der Waals surface area (Å²) in [4.78, 5) is 18.6. The number of hydrogen-bond acceptors (Lipinski definition) is 3. The Balaban J connectivity index is 1.56. The van der Waals surface area contributed by atoms with Crippen molar-refractivity contribution in [3.63, 3.8) is 0 Å². The molecule has 0 spiro atoms. The Labute approximate surface area is 155 Å². The van der Waals surface area contributed by atoms with E-state index in [-0.39, 0.29) is 5.91 Å². The molecule has 0 saturated heterocycles. The SMILES string of the molecule is Cc1cc(CN2CCc3c(CC(N)=O)cccc3C2)c2c(n1)CCCC2. The van der Waals surface area contributed by atoms with Crippen LogP contribution in [0.4, 0.5) is 0 Å². The lowest BCUT2D eigenvalue weighted by Gasteiger charge is -2.31. The van der Waals surface area contributed by atoms with E-state index in [4.69, 9.17) is 10.7 Å². The van der Waals surface area contributed by atoms with Gasteiger partial charge in [-0.05, 0) is 72.9 Å². The van der Waals surface area contributed by atoms with Crippen molar-refractivity contribution in [2.45, 2.75) is 58.5 Å². The van der Waals surface area contributed by atoms with Gasteiger partial charge >= 0.3 is 0 Å². The summed E-state index contributed by atoms with van der Waals surface area (Å²) < 4.78 is 0. The molecule has 0 fully saturated rings. The van der Waals surface area contributed by atoms with Crippen LogP contribution in [0, 0.1) is 6.92 Å². The van der Waals surface area contributed by atoms with Crippen LogP contribution in [0.3, 0.4) is 0 Å². The van der Waals surface area contributed by atoms with Gasteiger partial charge in [0.15, 0.2) is 0 Å². The minimum atomic E-state index is -0.250. The van der Waals surface area contributed by atoms with Gasteiger partial charge in [0.25, 0.3) is 0 Å². The molecule has 1 aliphatic heterocycles. The van der Waals surface area contributed by atoms with E-state index in [0.717, 1.165) is 43.7 Å². The third-order valence-corrected chi connectivity index (χ3v) is 5.72. The maximum absolute atomic E-state index is 11.3. The molecule has 26 heavy (non-hydrogen) atoms. The summed E-state index contributed by atoms with van der Waals surface area (Å²) in [6.07, 6.45) is 6.19. The van der Waals surface area contributed by atoms with Gasteiger partial charge in [0.05, 0.1) is 6.42 Å². The fraction of sp³-hybridized carbons (Fsp3) is 0.455. The fourth-order valence-electron chi connectivity index (χ4n) is 4.56. The zero-order valence-electron chi connectivity index (χ0n) is 15.6. The smallest absolute Gasteiger partial charge is 0.221 e. The molecule has 2 N–H and O–H groups in total. The highest BCUT2D eigenvalue weighted by Gasteiger charge is 2.22. The number of fused-ring (bicyclic) bond motifs is 2. The lowest BCUT2D eigenvalue weighted by Crippen LogP contribution is -2.32. The molecule has 1 aromatic heterocycles. The molecule has 1 aliphatic carbocycles. The molecule has 2 heterocycles. The number of amides is 1. The number of nitrogens with two attached hydrogens (primary N) is 1. The molecular formula is C22H27N3O. The Morgan fingerprint density at radius 2 is 2.00 bits per heavy atom. The summed E-state index contributed by atoms with van der Waals surface area (Å²) in [5.41, 5.74) is 14.6. The molecule has 1 aromatic carbocycles. The van der Waals surface area contributed by atoms with Gasteiger partial charge in [-0.25, -0.2) is 0 Å². The number of primary amides is 1. The third kappa shape index (κ3) is 3.51. The van der Waals surface area contributed by atoms with Crippen molar-refractivity contribution in [3.8, 4) is 0 Å². The van der Waals surface area contributed by atoms with Crippen molar-refractivity contribution >= 4 is 5.91 Å². The van der Waals surface area contributed by atoms with E-state index in [1.807, 2.05) is 6.07 Å². The second-order valence-electron chi connectivity index (χ2n) is 7.71. The van der Waals surface area contributed by atoms with Crippen molar-refractivity contribution in [1.29, 1.82) is 0 Å². The summed E-state index contributed by atoms with van der Waals surface area (Å²) in [5, 5.41) is 0. The van der Waals surface area contributed by atoms with Crippen molar-refractivity contribution < 1.29 is 4.79 Å². The highest BCUT2D eigenvalue weighted by molar-refractivity contribution is 5.77. The summed E-state index contributed by atoms with van der Waals surface area (Å²) in [6.45, 7) is 5.07. The zero-order valence-corrected chi connectivity index (χ0v) is 15.6. The van der Waals surface area contributed by atoms with Gasteiger partial charge in [-0.15, -0.1) is 0 Å². The quantitative estimate of drug-likeness (QED) is 0.923. The van der Waals surface area contributed by atoms with Crippen LogP contribution in [0.5, 0.6) is 0 Å². The number of nitrogens with zero attached hydrogens (tertiary/aromatic N) is 2. The first-order valence-corrected chi connectivity index (χ1v) is 9.68. The summed E-state index contributed by atoms with van der Waals surface area (Å²) >= 11 is 0. The highest BCUT2D eigenvalue weighted by atomic mass is 16.1. The summed E-state index contributed by atoms with van der Waals surface area (Å²) in [5.74, 6) is -0.250. The molecule has 0 saturated carbocycles. The van der Waals surface area contributed by atoms with Crippen molar-refractivity contribution in [3.05, 3.63) is 63.5 Å². The second kappa shape index (κ2) is 7.20. The largest absolute Gasteiger partial charge is 0.369 e. The van der Waals surface area contributed by atoms with E-state index in [9.17, 15) is 4.79 Å². The topological polar surface area (TPSA) is 59.2 Å². The molecule has 0 atom stereocenters. The fourth-order valence-corrected chi connectivity index (χ4v) is 4.56. The molecule has 0 bridgehead atoms. The molecule has 0 radical (unpaired) electrons. The predicted molar refractivity (Wildman–Crippen MR) is 103 cm³/mol. The van der Waals surface area contributed by atoms with Crippen LogP contribution in [0.1, 0.15) is 52.0 Å². The van der Waals surface area contributed by atoms with Crippen LogP contribution in [0.15, 0.2) is 24.3 Å². The number of aromatic nitrogens is 1. The number of pyridine rings is 1. The molecule has 4 heteroatoms. The van der Waals surface area contributed by atoms with Gasteiger partial charge in [0.2, 0.25) is 5.91 Å². The lowest BCUT2D eigenvalue weighted by atomic mass is 9.90. The summed E-state index contributed by atoms with van der Waals surface area (Å²) in [7, 11) is 0. The van der Waals surface area contributed by atoms with Crippen LogP contribution < -0.4 is 5.73 Å². The van der Waals surface area contributed by atoms with E-state index in [1.54, 1.807) is 0 Å². The van der Waals surface area contributed by atoms with Crippen LogP contribution in [0.2, 0.25) is 0 Å². The van der Waals surface area contributed by atoms with Gasteiger partial charge < -0.3 is 5.73 Å². The Hall–Kier alpha value is -2.20. The molecule has 1 amide bonds. The van der Waals surface area contributed by atoms with Crippen molar-refractivity contribution in [2.24, 2.45) is 5.73 Å². The van der Waals surface area contributed by atoms with E-state index in [0.29, 0.717) is 6.42 Å². The Kier molecular flexibility index (Phi) is 4.77. The van der Waals surface area contributed by atoms with E-state index < -0.39 is 0 Å². The number of aryl methyl sites for hydroxylation is 2. The number of carbonyl (C=O) groups excluding carboxylic acids is 1. The first-order valence-electron chi connectivity index (χ1n) is 9.68. The molecule has 2 aliphatic rings. The van der Waals surface area contributed by atoms with Gasteiger partial charge in [-0.1, -0.05) is 18.2 Å². The van der Waals surface area contributed by atoms with E-state index in [1.165, 1.54) is 47.2 Å². The molecule has 2 aromatic rings. The third-order valence-electron chi connectivity index (χ3n) is 5.72. The standard InChI is InChI=1S/C22H27N3O/c1-15-11-18(20-7-2-3-8-21(20)24-15)14-25-10-9-19-16(12-22(23)26)5-4-6-17(19)13-25/h4-6,11H,2-3,7-10,12-14H2,1H3,(H2,23,26). The Bertz CT molecular complexity index is 844. The minimum Gasteiger partial charge on any atom is -0.369 e. The molecule has 136 valence electrons. The predicted octanol–water partition coefficient (Wildman–Crippen LogP) is 2.85. The first kappa shape index (κ1) is 17.2. The number of rotatable bonds is 4. The second-order valence-corrected chi connectivity index (χ2v) is 7.71. The summed E-state index contributed by atoms with van der Waals surface area (Å²) in [6, 6.07) is 8.57. The normalized spacial score (nSPS) is 16.8. The average Bonchev–Trinajstić information content (AvgIpc) is 2.61. The van der Waals surface area contributed by atoms with Crippen molar-refractivity contribution in [2.75, 3.05) is 6.54 Å². The zero-order chi connectivity index (χ0) is 18.1. The molecule has 0 unspecified atom stereocenters. The number of benzene rings is 1. The van der Waals surface area contributed by atoms with Gasteiger partial charge in [-0.3, -0.25) is 14.7 Å². The Morgan fingerprint density at radius 3 is 2.85 bits per heavy atom. The van der Waals surface area contributed by atoms with Gasteiger partial charge in [-0.2, -0.15) is 0 Å². The molecule has 4 nitrogen and oxygen atoms in total. The lowest BCUT2D eigenvalue weighted by molar-refractivity contribution is -0.117. The monoisotopic (exact) mass is 349 g/mol. The van der Waals surface area contributed by atoms with E-state index >= 15 is 0 Å². The number of carbonyl (C=O) groups is 1. The Morgan fingerprint density at radius 1 is 1.15 bits per heavy atom. The molecular weight excluding hydrogens is 322 g/mol. The maximum atomic E-state index is 11.3.